The molecule has 4 heteroatoms. The molecular formula is C13H17N3O. The van der Waals surface area contributed by atoms with Gasteiger partial charge in [-0.1, -0.05) is 25.5 Å². The van der Waals surface area contributed by atoms with Crippen LogP contribution in [0, 0.1) is 0 Å². The second-order valence-electron chi connectivity index (χ2n) is 4.69. The average Bonchev–Trinajstić information content (AvgIpc) is 2.53. The zero-order valence-electron chi connectivity index (χ0n) is 9.99. The number of benzene rings is 1. The van der Waals surface area contributed by atoms with Gasteiger partial charge >= 0.3 is 5.69 Å². The third-order valence-corrected chi connectivity index (χ3v) is 3.50. The quantitative estimate of drug-likeness (QED) is 0.827. The van der Waals surface area contributed by atoms with E-state index in [0.29, 0.717) is 0 Å². The Morgan fingerprint density at radius 2 is 2.35 bits per heavy atom. The van der Waals surface area contributed by atoms with E-state index in [1.165, 1.54) is 5.56 Å². The van der Waals surface area contributed by atoms with E-state index in [1.807, 2.05) is 16.7 Å². The molecule has 3 rings (SSSR count). The number of hydrogen-bond donors (Lipinski definition) is 2. The molecule has 0 fully saturated rings. The van der Waals surface area contributed by atoms with Gasteiger partial charge in [-0.05, 0) is 18.1 Å². The van der Waals surface area contributed by atoms with Crippen molar-refractivity contribution in [1.82, 2.24) is 14.9 Å². The zero-order valence-corrected chi connectivity index (χ0v) is 9.99. The van der Waals surface area contributed by atoms with Gasteiger partial charge in [0, 0.05) is 13.1 Å². The molecule has 0 radical (unpaired) electrons. The van der Waals surface area contributed by atoms with Crippen molar-refractivity contribution in [3.63, 3.8) is 0 Å². The van der Waals surface area contributed by atoms with Crippen molar-refractivity contribution < 1.29 is 0 Å². The number of hydrogen-bond acceptors (Lipinski definition) is 2. The third-order valence-electron chi connectivity index (χ3n) is 3.50. The molecule has 17 heavy (non-hydrogen) atoms. The number of H-pyrrole nitrogens is 1. The van der Waals surface area contributed by atoms with Gasteiger partial charge in [-0.25, -0.2) is 4.79 Å². The number of para-hydroxylation sites is 1. The minimum Gasteiger partial charge on any atom is -0.311 e. The number of rotatable bonds is 2. The fourth-order valence-corrected chi connectivity index (χ4v) is 2.77. The summed E-state index contributed by atoms with van der Waals surface area (Å²) in [6, 6.07) is 6.34. The molecular weight excluding hydrogens is 214 g/mol. The first-order valence-corrected chi connectivity index (χ1v) is 6.24. The zero-order chi connectivity index (χ0) is 11.8. The number of aromatic nitrogens is 2. The fraction of sp³-hybridized carbons (Fsp3) is 0.462. The Morgan fingerprint density at radius 1 is 1.47 bits per heavy atom. The van der Waals surface area contributed by atoms with Crippen LogP contribution in [-0.2, 0) is 6.54 Å². The molecule has 2 aromatic rings. The van der Waals surface area contributed by atoms with Crippen molar-refractivity contribution in [3.8, 4) is 0 Å². The molecule has 1 aromatic heterocycles. The highest BCUT2D eigenvalue weighted by atomic mass is 16.1. The van der Waals surface area contributed by atoms with Crippen LogP contribution in [-0.4, -0.2) is 16.1 Å². The Labute approximate surface area is 99.6 Å². The Morgan fingerprint density at radius 3 is 3.18 bits per heavy atom. The van der Waals surface area contributed by atoms with Crippen LogP contribution in [0.4, 0.5) is 0 Å². The lowest BCUT2D eigenvalue weighted by Gasteiger charge is -2.15. The molecule has 0 saturated heterocycles. The van der Waals surface area contributed by atoms with Crippen molar-refractivity contribution in [3.05, 3.63) is 34.2 Å². The Balaban J connectivity index is 2.29. The third kappa shape index (κ3) is 1.60. The summed E-state index contributed by atoms with van der Waals surface area (Å²) in [4.78, 5) is 15.0. The maximum Gasteiger partial charge on any atom is 0.326 e. The molecule has 2 heterocycles. The Kier molecular flexibility index (Phi) is 2.52. The average molecular weight is 231 g/mol. The van der Waals surface area contributed by atoms with Crippen LogP contribution >= 0.6 is 0 Å². The minimum atomic E-state index is 0.0228. The molecule has 0 aliphatic carbocycles. The molecule has 2 N–H and O–H groups in total. The summed E-state index contributed by atoms with van der Waals surface area (Å²) < 4.78 is 1.94. The monoisotopic (exact) mass is 231 g/mol. The van der Waals surface area contributed by atoms with Gasteiger partial charge in [0.05, 0.1) is 17.1 Å². The van der Waals surface area contributed by atoms with Gasteiger partial charge in [-0.15, -0.1) is 0 Å². The topological polar surface area (TPSA) is 49.8 Å². The van der Waals surface area contributed by atoms with Crippen molar-refractivity contribution >= 4 is 11.0 Å². The summed E-state index contributed by atoms with van der Waals surface area (Å²) in [6.45, 7) is 3.87. The van der Waals surface area contributed by atoms with Gasteiger partial charge in [0.25, 0.3) is 0 Å². The first-order chi connectivity index (χ1) is 8.31. The number of imidazole rings is 1. The predicted octanol–water partition coefficient (Wildman–Crippen LogP) is 1.77. The van der Waals surface area contributed by atoms with Crippen LogP contribution in [0.25, 0.3) is 11.0 Å². The van der Waals surface area contributed by atoms with E-state index in [2.05, 4.69) is 23.3 Å². The van der Waals surface area contributed by atoms with E-state index in [9.17, 15) is 4.79 Å². The lowest BCUT2D eigenvalue weighted by molar-refractivity contribution is 0.438. The van der Waals surface area contributed by atoms with E-state index in [1.54, 1.807) is 0 Å². The van der Waals surface area contributed by atoms with Gasteiger partial charge in [0.2, 0.25) is 0 Å². The van der Waals surface area contributed by atoms with E-state index >= 15 is 0 Å². The lowest BCUT2D eigenvalue weighted by atomic mass is 10.1. The van der Waals surface area contributed by atoms with E-state index < -0.39 is 0 Å². The molecule has 0 spiro atoms. The van der Waals surface area contributed by atoms with Crippen LogP contribution in [0.15, 0.2) is 23.0 Å². The normalized spacial score (nSPS) is 19.5. The number of nitrogens with zero attached hydrogens (tertiary/aromatic N) is 1. The SMILES string of the molecule is CCCC1CNCc2cccc3[nH]c(=O)n1c23. The van der Waals surface area contributed by atoms with Gasteiger partial charge in [-0.2, -0.15) is 0 Å². The summed E-state index contributed by atoms with van der Waals surface area (Å²) in [5.74, 6) is 0. The summed E-state index contributed by atoms with van der Waals surface area (Å²) >= 11 is 0. The maximum atomic E-state index is 12.1. The largest absolute Gasteiger partial charge is 0.326 e. The summed E-state index contributed by atoms with van der Waals surface area (Å²) in [5.41, 5.74) is 3.27. The second kappa shape index (κ2) is 4.04. The van der Waals surface area contributed by atoms with Gasteiger partial charge in [-0.3, -0.25) is 4.57 Å². The Bertz CT molecular complexity index is 596. The highest BCUT2D eigenvalue weighted by Crippen LogP contribution is 2.24. The summed E-state index contributed by atoms with van der Waals surface area (Å²) in [5, 5.41) is 3.43. The van der Waals surface area contributed by atoms with Crippen LogP contribution in [0.2, 0.25) is 0 Å². The highest BCUT2D eigenvalue weighted by Gasteiger charge is 2.21. The molecule has 1 atom stereocenters. The van der Waals surface area contributed by atoms with E-state index in [4.69, 9.17) is 0 Å². The number of aromatic amines is 1. The molecule has 0 bridgehead atoms. The standard InChI is InChI=1S/C13H17N3O/c1-2-4-10-8-14-7-9-5-3-6-11-12(9)16(10)13(17)15-11/h3,5-6,10,14H,2,4,7-8H2,1H3,(H,15,17). The van der Waals surface area contributed by atoms with Gasteiger partial charge in [0.15, 0.2) is 0 Å². The highest BCUT2D eigenvalue weighted by molar-refractivity contribution is 5.79. The summed E-state index contributed by atoms with van der Waals surface area (Å²) in [6.07, 6.45) is 2.13. The van der Waals surface area contributed by atoms with Crippen LogP contribution in [0.3, 0.4) is 0 Å². The van der Waals surface area contributed by atoms with Gasteiger partial charge in [0.1, 0.15) is 0 Å². The predicted molar refractivity (Wildman–Crippen MR) is 68.2 cm³/mol. The lowest BCUT2D eigenvalue weighted by Crippen LogP contribution is -2.28. The van der Waals surface area contributed by atoms with Crippen LogP contribution < -0.4 is 11.0 Å². The Hall–Kier alpha value is -1.55. The molecule has 1 aliphatic rings. The van der Waals surface area contributed by atoms with Crippen LogP contribution in [0.1, 0.15) is 31.4 Å². The molecule has 90 valence electrons. The van der Waals surface area contributed by atoms with Crippen molar-refractivity contribution in [1.29, 1.82) is 0 Å². The smallest absolute Gasteiger partial charge is 0.311 e. The second-order valence-corrected chi connectivity index (χ2v) is 4.69. The molecule has 0 saturated carbocycles. The van der Waals surface area contributed by atoms with E-state index in [0.717, 1.165) is 37.0 Å². The molecule has 0 amide bonds. The molecule has 1 aromatic carbocycles. The minimum absolute atomic E-state index is 0.0228. The first-order valence-electron chi connectivity index (χ1n) is 6.24. The molecule has 4 nitrogen and oxygen atoms in total. The van der Waals surface area contributed by atoms with Crippen LogP contribution in [0.5, 0.6) is 0 Å². The molecule has 1 unspecified atom stereocenters. The van der Waals surface area contributed by atoms with Crippen molar-refractivity contribution in [2.75, 3.05) is 6.54 Å². The fourth-order valence-electron chi connectivity index (χ4n) is 2.77. The van der Waals surface area contributed by atoms with Gasteiger partial charge < -0.3 is 10.3 Å². The summed E-state index contributed by atoms with van der Waals surface area (Å²) in [7, 11) is 0. The number of nitrogens with one attached hydrogen (secondary N) is 2. The van der Waals surface area contributed by atoms with Crippen molar-refractivity contribution in [2.45, 2.75) is 32.4 Å². The maximum absolute atomic E-state index is 12.1. The first kappa shape index (κ1) is 10.6. The van der Waals surface area contributed by atoms with E-state index in [-0.39, 0.29) is 11.7 Å². The molecule has 1 aliphatic heterocycles. The van der Waals surface area contributed by atoms with Crippen molar-refractivity contribution in [2.24, 2.45) is 0 Å².